The minimum Gasteiger partial charge on any atom is -0.494 e. The molecule has 0 saturated carbocycles. The molecule has 1 aliphatic rings. The molecule has 43 heavy (non-hydrogen) atoms. The molecule has 0 unspecified atom stereocenters. The van der Waals surface area contributed by atoms with Crippen LogP contribution in [0, 0.1) is 0 Å². The number of amides is 4. The summed E-state index contributed by atoms with van der Waals surface area (Å²) < 4.78 is 7.57. The SMILES string of the molecule is CCOc1ccc(N2C(=O)NC(=O)/C(=C/c3cc(-c4ccccc4)n(-c4ccc(Cl)cc4)c3-c3ccccc3)C2=O)cc1. The van der Waals surface area contributed by atoms with Gasteiger partial charge in [0.15, 0.2) is 0 Å². The third-order valence-corrected chi connectivity index (χ3v) is 7.29. The molecule has 0 radical (unpaired) electrons. The van der Waals surface area contributed by atoms with Gasteiger partial charge in [-0.3, -0.25) is 14.9 Å². The topological polar surface area (TPSA) is 80.6 Å². The van der Waals surface area contributed by atoms with Gasteiger partial charge in [-0.05, 0) is 78.7 Å². The van der Waals surface area contributed by atoms with Gasteiger partial charge in [-0.2, -0.15) is 0 Å². The number of hydrogen-bond donors (Lipinski definition) is 1. The molecule has 1 aromatic heterocycles. The van der Waals surface area contributed by atoms with Gasteiger partial charge in [0, 0.05) is 16.3 Å². The van der Waals surface area contributed by atoms with Gasteiger partial charge in [-0.25, -0.2) is 9.69 Å². The van der Waals surface area contributed by atoms with E-state index >= 15 is 0 Å². The number of anilines is 1. The molecule has 4 aromatic carbocycles. The zero-order valence-electron chi connectivity index (χ0n) is 23.2. The molecule has 4 amide bonds. The number of rotatable bonds is 7. The number of urea groups is 1. The molecule has 5 aromatic rings. The third kappa shape index (κ3) is 5.46. The van der Waals surface area contributed by atoms with Crippen LogP contribution in [-0.2, 0) is 9.59 Å². The first-order valence-electron chi connectivity index (χ1n) is 13.7. The summed E-state index contributed by atoms with van der Waals surface area (Å²) in [4.78, 5) is 40.8. The standard InChI is InChI=1S/C35H26ClN3O4/c1-2-43-29-19-17-28(18-20-29)39-34(41)30(33(40)37-35(39)42)21-25-22-31(23-9-5-3-6-10-23)38(27-15-13-26(36)14-16-27)32(25)24-11-7-4-8-12-24/h3-22H,2H2,1H3,(H,37,40,42)/b30-21-. The lowest BCUT2D eigenvalue weighted by Crippen LogP contribution is -2.54. The van der Waals surface area contributed by atoms with Gasteiger partial charge < -0.3 is 9.30 Å². The second-order valence-electron chi connectivity index (χ2n) is 9.76. The minimum atomic E-state index is -0.816. The summed E-state index contributed by atoms with van der Waals surface area (Å²) >= 11 is 6.24. The van der Waals surface area contributed by atoms with Crippen molar-refractivity contribution < 1.29 is 19.1 Å². The Bertz CT molecular complexity index is 1850. The molecule has 6 rings (SSSR count). The van der Waals surface area contributed by atoms with Crippen LogP contribution in [0.25, 0.3) is 34.3 Å². The van der Waals surface area contributed by atoms with Crippen LogP contribution in [0.3, 0.4) is 0 Å². The van der Waals surface area contributed by atoms with Crippen molar-refractivity contribution >= 4 is 41.2 Å². The van der Waals surface area contributed by atoms with Gasteiger partial charge in [0.1, 0.15) is 11.3 Å². The second-order valence-corrected chi connectivity index (χ2v) is 10.2. The molecule has 2 heterocycles. The lowest BCUT2D eigenvalue weighted by molar-refractivity contribution is -0.122. The van der Waals surface area contributed by atoms with E-state index in [-0.39, 0.29) is 5.57 Å². The lowest BCUT2D eigenvalue weighted by atomic mass is 10.0. The summed E-state index contributed by atoms with van der Waals surface area (Å²) in [6, 6.07) is 34.7. The zero-order chi connectivity index (χ0) is 29.9. The maximum atomic E-state index is 13.8. The number of nitrogens with zero attached hydrogens (tertiary/aromatic N) is 2. The number of nitrogens with one attached hydrogen (secondary N) is 1. The van der Waals surface area contributed by atoms with E-state index in [9.17, 15) is 14.4 Å². The Balaban J connectivity index is 1.55. The van der Waals surface area contributed by atoms with Gasteiger partial charge in [0.05, 0.1) is 23.7 Å². The van der Waals surface area contributed by atoms with E-state index in [4.69, 9.17) is 16.3 Å². The number of ether oxygens (including phenoxy) is 1. The van der Waals surface area contributed by atoms with Crippen LogP contribution < -0.4 is 15.0 Å². The largest absolute Gasteiger partial charge is 0.494 e. The number of carbonyl (C=O) groups excluding carboxylic acids is 3. The van der Waals surface area contributed by atoms with E-state index in [1.807, 2.05) is 97.9 Å². The molecule has 0 spiro atoms. The molecule has 0 atom stereocenters. The highest BCUT2D eigenvalue weighted by Gasteiger charge is 2.37. The van der Waals surface area contributed by atoms with Gasteiger partial charge in [0.25, 0.3) is 11.8 Å². The fraction of sp³-hybridized carbons (Fsp3) is 0.0571. The van der Waals surface area contributed by atoms with E-state index < -0.39 is 17.8 Å². The summed E-state index contributed by atoms with van der Waals surface area (Å²) in [6.07, 6.45) is 1.55. The molecule has 7 nitrogen and oxygen atoms in total. The Morgan fingerprint density at radius 3 is 2.00 bits per heavy atom. The minimum absolute atomic E-state index is 0.168. The van der Waals surface area contributed by atoms with Crippen molar-refractivity contribution in [1.82, 2.24) is 9.88 Å². The van der Waals surface area contributed by atoms with Crippen molar-refractivity contribution in [2.45, 2.75) is 6.92 Å². The van der Waals surface area contributed by atoms with Crippen molar-refractivity contribution in [2.75, 3.05) is 11.5 Å². The van der Waals surface area contributed by atoms with Crippen molar-refractivity contribution in [3.05, 3.63) is 131 Å². The summed E-state index contributed by atoms with van der Waals surface area (Å²) in [5, 5.41) is 2.93. The highest BCUT2D eigenvalue weighted by Crippen LogP contribution is 2.38. The predicted octanol–water partition coefficient (Wildman–Crippen LogP) is 7.53. The second kappa shape index (κ2) is 11.8. The van der Waals surface area contributed by atoms with Crippen LogP contribution >= 0.6 is 11.6 Å². The molecule has 212 valence electrons. The molecule has 1 fully saturated rings. The van der Waals surface area contributed by atoms with Crippen molar-refractivity contribution in [3.8, 4) is 34.0 Å². The summed E-state index contributed by atoms with van der Waals surface area (Å²) in [5.41, 5.74) is 5.03. The molecular formula is C35H26ClN3O4. The van der Waals surface area contributed by atoms with Gasteiger partial charge in [-0.15, -0.1) is 0 Å². The Kier molecular flexibility index (Phi) is 7.64. The first kappa shape index (κ1) is 27.8. The van der Waals surface area contributed by atoms with Crippen LogP contribution in [0.15, 0.2) is 121 Å². The number of imide groups is 2. The fourth-order valence-corrected chi connectivity index (χ4v) is 5.24. The van der Waals surface area contributed by atoms with E-state index in [1.54, 1.807) is 30.3 Å². The van der Waals surface area contributed by atoms with E-state index in [0.29, 0.717) is 28.6 Å². The number of halogens is 1. The normalized spacial score (nSPS) is 14.2. The molecule has 1 N–H and O–H groups in total. The Hall–Kier alpha value is -5.40. The Morgan fingerprint density at radius 2 is 1.37 bits per heavy atom. The summed E-state index contributed by atoms with van der Waals surface area (Å²) in [7, 11) is 0. The van der Waals surface area contributed by atoms with Gasteiger partial charge in [0.2, 0.25) is 0 Å². The van der Waals surface area contributed by atoms with Crippen LogP contribution in [0.4, 0.5) is 10.5 Å². The highest BCUT2D eigenvalue weighted by atomic mass is 35.5. The first-order chi connectivity index (χ1) is 20.9. The molecule has 1 saturated heterocycles. The number of aromatic nitrogens is 1. The average molecular weight is 588 g/mol. The number of hydrogen-bond acceptors (Lipinski definition) is 4. The molecular weight excluding hydrogens is 562 g/mol. The number of benzene rings is 4. The molecule has 0 aliphatic carbocycles. The molecule has 1 aliphatic heterocycles. The molecule has 8 heteroatoms. The highest BCUT2D eigenvalue weighted by molar-refractivity contribution is 6.39. The lowest BCUT2D eigenvalue weighted by Gasteiger charge is -2.26. The fourth-order valence-electron chi connectivity index (χ4n) is 5.12. The van der Waals surface area contributed by atoms with E-state index in [2.05, 4.69) is 9.88 Å². The van der Waals surface area contributed by atoms with Crippen molar-refractivity contribution in [1.29, 1.82) is 0 Å². The van der Waals surface area contributed by atoms with E-state index in [1.165, 1.54) is 0 Å². The Labute approximate surface area is 253 Å². The average Bonchev–Trinajstić information content (AvgIpc) is 3.40. The first-order valence-corrected chi connectivity index (χ1v) is 14.1. The molecule has 0 bridgehead atoms. The van der Waals surface area contributed by atoms with Crippen LogP contribution in [-0.4, -0.2) is 29.0 Å². The number of barbiturate groups is 1. The smallest absolute Gasteiger partial charge is 0.335 e. The van der Waals surface area contributed by atoms with Crippen LogP contribution in [0.5, 0.6) is 5.75 Å². The monoisotopic (exact) mass is 587 g/mol. The third-order valence-electron chi connectivity index (χ3n) is 7.04. The van der Waals surface area contributed by atoms with Crippen molar-refractivity contribution in [2.24, 2.45) is 0 Å². The quantitative estimate of drug-likeness (QED) is 0.158. The predicted molar refractivity (Wildman–Crippen MR) is 168 cm³/mol. The van der Waals surface area contributed by atoms with Crippen molar-refractivity contribution in [3.63, 3.8) is 0 Å². The van der Waals surface area contributed by atoms with Crippen LogP contribution in [0.1, 0.15) is 12.5 Å². The summed E-state index contributed by atoms with van der Waals surface area (Å²) in [6.45, 7) is 2.35. The van der Waals surface area contributed by atoms with Crippen LogP contribution in [0.2, 0.25) is 5.02 Å². The van der Waals surface area contributed by atoms with Gasteiger partial charge in [-0.1, -0.05) is 72.3 Å². The maximum Gasteiger partial charge on any atom is 0.335 e. The maximum absolute atomic E-state index is 13.8. The zero-order valence-corrected chi connectivity index (χ0v) is 23.9. The summed E-state index contributed by atoms with van der Waals surface area (Å²) in [5.74, 6) is -0.887. The van der Waals surface area contributed by atoms with Gasteiger partial charge >= 0.3 is 6.03 Å². The van der Waals surface area contributed by atoms with E-state index in [0.717, 1.165) is 33.1 Å². The Morgan fingerprint density at radius 1 is 0.767 bits per heavy atom. The number of carbonyl (C=O) groups is 3.